The predicted molar refractivity (Wildman–Crippen MR) is 82.4 cm³/mol. The molecule has 0 radical (unpaired) electrons. The van der Waals surface area contributed by atoms with Gasteiger partial charge in [-0.25, -0.2) is 9.78 Å². The first-order valence-corrected chi connectivity index (χ1v) is 7.35. The van der Waals surface area contributed by atoms with Gasteiger partial charge in [0.2, 0.25) is 0 Å². The summed E-state index contributed by atoms with van der Waals surface area (Å²) in [6.07, 6.45) is 0.398. The van der Waals surface area contributed by atoms with Gasteiger partial charge in [-0.05, 0) is 20.8 Å². The Morgan fingerprint density at radius 2 is 2.05 bits per heavy atom. The summed E-state index contributed by atoms with van der Waals surface area (Å²) < 4.78 is 12.4. The Hall–Kier alpha value is -2.31. The van der Waals surface area contributed by atoms with Gasteiger partial charge >= 0.3 is 5.97 Å². The van der Waals surface area contributed by atoms with E-state index < -0.39 is 5.97 Å². The van der Waals surface area contributed by atoms with Crippen LogP contribution in [0.25, 0.3) is 11.0 Å². The standard InChI is InChI=1S/C15H21N3O4/c1-6-9-16-13-10(14(19)17-9)12(22-8(3)4)11(18(13)5)15(20)21-7-2/h8H,6-7H2,1-5H3,(H,16,17,19). The molecular weight excluding hydrogens is 286 g/mol. The molecule has 0 unspecified atom stereocenters. The fraction of sp³-hybridized carbons (Fsp3) is 0.533. The fourth-order valence-corrected chi connectivity index (χ4v) is 2.28. The van der Waals surface area contributed by atoms with E-state index in [1.807, 2.05) is 20.8 Å². The summed E-state index contributed by atoms with van der Waals surface area (Å²) in [4.78, 5) is 31.7. The first kappa shape index (κ1) is 16.1. The van der Waals surface area contributed by atoms with E-state index in [4.69, 9.17) is 9.47 Å². The van der Waals surface area contributed by atoms with E-state index >= 15 is 0 Å². The molecule has 2 aromatic rings. The summed E-state index contributed by atoms with van der Waals surface area (Å²) in [6.45, 7) is 7.52. The van der Waals surface area contributed by atoms with Crippen LogP contribution in [0.3, 0.4) is 0 Å². The SMILES string of the molecule is CCOC(=O)c1c(OC(C)C)c2c(=O)[nH]c(CC)nc2n1C. The third kappa shape index (κ3) is 2.70. The molecule has 0 aliphatic carbocycles. The Kier molecular flexibility index (Phi) is 4.54. The lowest BCUT2D eigenvalue weighted by Crippen LogP contribution is -2.15. The van der Waals surface area contributed by atoms with Gasteiger partial charge in [0.1, 0.15) is 11.2 Å². The van der Waals surface area contributed by atoms with E-state index in [1.165, 1.54) is 0 Å². The van der Waals surface area contributed by atoms with Crippen molar-refractivity contribution in [3.05, 3.63) is 21.9 Å². The molecule has 7 nitrogen and oxygen atoms in total. The van der Waals surface area contributed by atoms with Crippen LogP contribution in [-0.4, -0.2) is 33.2 Å². The number of aromatic nitrogens is 3. The number of nitrogens with one attached hydrogen (secondary N) is 1. The first-order valence-electron chi connectivity index (χ1n) is 7.35. The molecular formula is C15H21N3O4. The smallest absolute Gasteiger partial charge is 0.358 e. The topological polar surface area (TPSA) is 86.2 Å². The van der Waals surface area contributed by atoms with Crippen LogP contribution in [0, 0.1) is 0 Å². The van der Waals surface area contributed by atoms with Crippen molar-refractivity contribution in [1.82, 2.24) is 14.5 Å². The second-order valence-electron chi connectivity index (χ2n) is 5.19. The lowest BCUT2D eigenvalue weighted by molar-refractivity contribution is 0.0509. The molecule has 22 heavy (non-hydrogen) atoms. The van der Waals surface area contributed by atoms with E-state index in [0.717, 1.165) is 0 Å². The Balaban J connectivity index is 2.81. The largest absolute Gasteiger partial charge is 0.488 e. The van der Waals surface area contributed by atoms with Crippen molar-refractivity contribution < 1.29 is 14.3 Å². The van der Waals surface area contributed by atoms with Crippen LogP contribution in [0.1, 0.15) is 44.0 Å². The maximum Gasteiger partial charge on any atom is 0.358 e. The number of nitrogens with zero attached hydrogens (tertiary/aromatic N) is 2. The van der Waals surface area contributed by atoms with E-state index in [9.17, 15) is 9.59 Å². The zero-order chi connectivity index (χ0) is 16.4. The minimum absolute atomic E-state index is 0.191. The lowest BCUT2D eigenvalue weighted by Gasteiger charge is -2.11. The molecule has 0 atom stereocenters. The summed E-state index contributed by atoms with van der Waals surface area (Å²) >= 11 is 0. The normalized spacial score (nSPS) is 11.2. The highest BCUT2D eigenvalue weighted by molar-refractivity contribution is 6.00. The molecule has 120 valence electrons. The van der Waals surface area contributed by atoms with Crippen LogP contribution in [0.15, 0.2) is 4.79 Å². The monoisotopic (exact) mass is 307 g/mol. The van der Waals surface area contributed by atoms with Gasteiger partial charge in [0.15, 0.2) is 17.1 Å². The molecule has 0 spiro atoms. The number of carbonyl (C=O) groups excluding carboxylic acids is 1. The van der Waals surface area contributed by atoms with E-state index in [0.29, 0.717) is 17.9 Å². The minimum atomic E-state index is -0.531. The summed E-state index contributed by atoms with van der Waals surface area (Å²) in [5.74, 6) is 0.253. The number of hydrogen-bond donors (Lipinski definition) is 1. The molecule has 0 fully saturated rings. The zero-order valence-corrected chi connectivity index (χ0v) is 13.5. The third-order valence-electron chi connectivity index (χ3n) is 3.20. The maximum absolute atomic E-state index is 12.4. The second-order valence-corrected chi connectivity index (χ2v) is 5.19. The van der Waals surface area contributed by atoms with Crippen LogP contribution in [0.2, 0.25) is 0 Å². The Morgan fingerprint density at radius 1 is 1.36 bits per heavy atom. The zero-order valence-electron chi connectivity index (χ0n) is 13.5. The number of rotatable bonds is 5. The van der Waals surface area contributed by atoms with Crippen LogP contribution < -0.4 is 10.3 Å². The molecule has 0 bridgehead atoms. The fourth-order valence-electron chi connectivity index (χ4n) is 2.28. The van der Waals surface area contributed by atoms with Crippen molar-refractivity contribution >= 4 is 17.0 Å². The number of carbonyl (C=O) groups is 1. The molecule has 0 saturated carbocycles. The van der Waals surface area contributed by atoms with Crippen LogP contribution in [0.5, 0.6) is 5.75 Å². The van der Waals surface area contributed by atoms with Crippen molar-refractivity contribution in [3.8, 4) is 5.75 Å². The lowest BCUT2D eigenvalue weighted by atomic mass is 10.3. The van der Waals surface area contributed by atoms with Crippen molar-refractivity contribution in [3.63, 3.8) is 0 Å². The highest BCUT2D eigenvalue weighted by Gasteiger charge is 2.27. The van der Waals surface area contributed by atoms with Gasteiger partial charge < -0.3 is 19.0 Å². The molecule has 0 amide bonds. The van der Waals surface area contributed by atoms with Gasteiger partial charge in [-0.2, -0.15) is 0 Å². The number of esters is 1. The van der Waals surface area contributed by atoms with Crippen LogP contribution in [0.4, 0.5) is 0 Å². The Morgan fingerprint density at radius 3 is 2.59 bits per heavy atom. The molecule has 0 saturated heterocycles. The van der Waals surface area contributed by atoms with Crippen molar-refractivity contribution in [2.24, 2.45) is 7.05 Å². The number of aryl methyl sites for hydroxylation is 2. The number of H-pyrrole nitrogens is 1. The van der Waals surface area contributed by atoms with E-state index in [-0.39, 0.29) is 35.1 Å². The molecule has 0 aliphatic heterocycles. The van der Waals surface area contributed by atoms with E-state index in [2.05, 4.69) is 9.97 Å². The average molecular weight is 307 g/mol. The van der Waals surface area contributed by atoms with Gasteiger partial charge in [-0.3, -0.25) is 4.79 Å². The van der Waals surface area contributed by atoms with Gasteiger partial charge in [-0.1, -0.05) is 6.92 Å². The Labute approximate surface area is 128 Å². The molecule has 2 rings (SSSR count). The number of aromatic amines is 1. The van der Waals surface area contributed by atoms with Gasteiger partial charge in [0, 0.05) is 13.5 Å². The minimum Gasteiger partial charge on any atom is -0.488 e. The summed E-state index contributed by atoms with van der Waals surface area (Å²) in [7, 11) is 1.67. The summed E-state index contributed by atoms with van der Waals surface area (Å²) in [5, 5.41) is 0.274. The van der Waals surface area contributed by atoms with Gasteiger partial charge in [0.25, 0.3) is 5.56 Å². The molecule has 2 aromatic heterocycles. The molecule has 0 aliphatic rings. The molecule has 2 heterocycles. The quantitative estimate of drug-likeness (QED) is 0.851. The number of hydrogen-bond acceptors (Lipinski definition) is 5. The van der Waals surface area contributed by atoms with Crippen molar-refractivity contribution in [1.29, 1.82) is 0 Å². The van der Waals surface area contributed by atoms with Gasteiger partial charge in [-0.15, -0.1) is 0 Å². The van der Waals surface area contributed by atoms with Crippen molar-refractivity contribution in [2.45, 2.75) is 40.2 Å². The average Bonchev–Trinajstić information content (AvgIpc) is 2.71. The highest BCUT2D eigenvalue weighted by atomic mass is 16.5. The molecule has 1 N–H and O–H groups in total. The Bertz CT molecular complexity index is 758. The highest BCUT2D eigenvalue weighted by Crippen LogP contribution is 2.30. The maximum atomic E-state index is 12.4. The van der Waals surface area contributed by atoms with Crippen LogP contribution >= 0.6 is 0 Å². The number of fused-ring (bicyclic) bond motifs is 1. The third-order valence-corrected chi connectivity index (χ3v) is 3.20. The summed E-state index contributed by atoms with van der Waals surface area (Å²) in [5.41, 5.74) is 0.305. The van der Waals surface area contributed by atoms with Gasteiger partial charge in [0.05, 0.1) is 12.7 Å². The number of ether oxygens (including phenoxy) is 2. The molecule has 7 heteroatoms. The van der Waals surface area contributed by atoms with Crippen molar-refractivity contribution in [2.75, 3.05) is 6.61 Å². The van der Waals surface area contributed by atoms with E-state index in [1.54, 1.807) is 18.5 Å². The predicted octanol–water partition coefficient (Wildman–Crippen LogP) is 1.79. The second kappa shape index (κ2) is 6.21. The summed E-state index contributed by atoms with van der Waals surface area (Å²) in [6, 6.07) is 0. The first-order chi connectivity index (χ1) is 10.4. The molecule has 0 aromatic carbocycles. The van der Waals surface area contributed by atoms with Crippen LogP contribution in [-0.2, 0) is 18.2 Å².